The van der Waals surface area contributed by atoms with Gasteiger partial charge in [-0.25, -0.2) is 0 Å². The third-order valence-corrected chi connectivity index (χ3v) is 4.73. The van der Waals surface area contributed by atoms with Gasteiger partial charge in [-0.1, -0.05) is 39.4 Å². The molecule has 3 aromatic heterocycles. The Bertz CT molecular complexity index is 940. The first-order valence-corrected chi connectivity index (χ1v) is 8.23. The molecule has 0 fully saturated rings. The van der Waals surface area contributed by atoms with E-state index in [9.17, 15) is 0 Å². The van der Waals surface area contributed by atoms with Gasteiger partial charge in [0.1, 0.15) is 5.01 Å². The zero-order valence-corrected chi connectivity index (χ0v) is 14.0. The number of pyridine rings is 1. The molecule has 0 bridgehead atoms. The number of hydrogen-bond acceptors (Lipinski definition) is 5. The molecule has 0 saturated carbocycles. The van der Waals surface area contributed by atoms with Crippen LogP contribution < -0.4 is 0 Å². The van der Waals surface area contributed by atoms with E-state index < -0.39 is 0 Å². The summed E-state index contributed by atoms with van der Waals surface area (Å²) in [5.74, 6) is 0.741. The average Bonchev–Trinajstić information content (AvgIpc) is 3.09. The van der Waals surface area contributed by atoms with Crippen LogP contribution in [0.1, 0.15) is 5.69 Å². The second kappa shape index (κ2) is 5.26. The molecule has 1 aromatic carbocycles. The number of halogens is 1. The molecular formula is C15H10BrN5S. The van der Waals surface area contributed by atoms with E-state index in [1.807, 2.05) is 49.5 Å². The first kappa shape index (κ1) is 13.5. The van der Waals surface area contributed by atoms with E-state index in [1.54, 1.807) is 4.52 Å². The molecule has 0 amide bonds. The number of benzene rings is 1. The Kier molecular flexibility index (Phi) is 3.24. The van der Waals surface area contributed by atoms with Crippen molar-refractivity contribution in [2.45, 2.75) is 6.92 Å². The van der Waals surface area contributed by atoms with Crippen LogP contribution in [0.5, 0.6) is 0 Å². The molecule has 0 aliphatic heterocycles. The van der Waals surface area contributed by atoms with E-state index in [-0.39, 0.29) is 0 Å². The van der Waals surface area contributed by atoms with Crippen molar-refractivity contribution in [3.63, 3.8) is 0 Å². The van der Waals surface area contributed by atoms with Gasteiger partial charge in [0, 0.05) is 27.5 Å². The van der Waals surface area contributed by atoms with Gasteiger partial charge in [0.05, 0.1) is 0 Å². The van der Waals surface area contributed by atoms with Gasteiger partial charge in [-0.05, 0) is 31.2 Å². The molecule has 0 N–H and O–H groups in total. The number of rotatable bonds is 2. The lowest BCUT2D eigenvalue weighted by atomic mass is 10.2. The maximum Gasteiger partial charge on any atom is 0.235 e. The van der Waals surface area contributed by atoms with Crippen LogP contribution in [0.3, 0.4) is 0 Å². The minimum absolute atomic E-state index is 0.741. The minimum Gasteiger partial charge on any atom is -0.261 e. The molecular weight excluding hydrogens is 362 g/mol. The molecule has 22 heavy (non-hydrogen) atoms. The summed E-state index contributed by atoms with van der Waals surface area (Å²) >= 11 is 4.94. The molecule has 3 heterocycles. The van der Waals surface area contributed by atoms with Crippen molar-refractivity contribution in [1.29, 1.82) is 0 Å². The van der Waals surface area contributed by atoms with Crippen LogP contribution in [0.25, 0.3) is 26.9 Å². The maximum absolute atomic E-state index is 4.63. The Morgan fingerprint density at radius 2 is 1.77 bits per heavy atom. The zero-order valence-electron chi connectivity index (χ0n) is 11.6. The second-order valence-corrected chi connectivity index (χ2v) is 6.69. The highest BCUT2D eigenvalue weighted by molar-refractivity contribution is 9.10. The summed E-state index contributed by atoms with van der Waals surface area (Å²) in [6, 6.07) is 11.9. The third-order valence-electron chi connectivity index (χ3n) is 3.25. The Balaban J connectivity index is 1.82. The van der Waals surface area contributed by atoms with Crippen LogP contribution in [-0.4, -0.2) is 24.8 Å². The van der Waals surface area contributed by atoms with Crippen molar-refractivity contribution in [2.24, 2.45) is 0 Å². The van der Waals surface area contributed by atoms with E-state index in [4.69, 9.17) is 0 Å². The molecule has 4 rings (SSSR count). The van der Waals surface area contributed by atoms with Crippen LogP contribution in [-0.2, 0) is 0 Å². The van der Waals surface area contributed by atoms with Gasteiger partial charge in [0.25, 0.3) is 0 Å². The van der Waals surface area contributed by atoms with E-state index in [0.29, 0.717) is 0 Å². The van der Waals surface area contributed by atoms with E-state index in [2.05, 4.69) is 36.2 Å². The lowest BCUT2D eigenvalue weighted by Gasteiger charge is -1.97. The highest BCUT2D eigenvalue weighted by Gasteiger charge is 2.14. The molecule has 0 aliphatic carbocycles. The lowest BCUT2D eigenvalue weighted by Crippen LogP contribution is -1.91. The van der Waals surface area contributed by atoms with Crippen LogP contribution in [0.15, 0.2) is 47.1 Å². The largest absolute Gasteiger partial charge is 0.261 e. The Labute approximate surface area is 138 Å². The SMILES string of the molecule is Cc1ccc(-c2nn3c(-c4ccc(Br)cc4)nnc3s2)cn1. The first-order chi connectivity index (χ1) is 10.7. The van der Waals surface area contributed by atoms with Crippen molar-refractivity contribution < 1.29 is 0 Å². The summed E-state index contributed by atoms with van der Waals surface area (Å²) in [4.78, 5) is 5.09. The molecule has 7 heteroatoms. The van der Waals surface area contributed by atoms with Gasteiger partial charge in [0.15, 0.2) is 5.82 Å². The number of hydrogen-bond donors (Lipinski definition) is 0. The Morgan fingerprint density at radius 3 is 2.50 bits per heavy atom. The smallest absolute Gasteiger partial charge is 0.235 e. The number of aromatic nitrogens is 5. The first-order valence-electron chi connectivity index (χ1n) is 6.62. The van der Waals surface area contributed by atoms with Gasteiger partial charge in [0.2, 0.25) is 4.96 Å². The zero-order chi connectivity index (χ0) is 15.1. The van der Waals surface area contributed by atoms with Crippen molar-refractivity contribution in [1.82, 2.24) is 24.8 Å². The predicted molar refractivity (Wildman–Crippen MR) is 89.8 cm³/mol. The van der Waals surface area contributed by atoms with Crippen molar-refractivity contribution >= 4 is 32.2 Å². The molecule has 0 spiro atoms. The summed E-state index contributed by atoms with van der Waals surface area (Å²) in [5.41, 5.74) is 2.96. The molecule has 4 aromatic rings. The van der Waals surface area contributed by atoms with Gasteiger partial charge in [-0.2, -0.15) is 9.61 Å². The fraction of sp³-hybridized carbons (Fsp3) is 0.0667. The molecule has 0 radical (unpaired) electrons. The van der Waals surface area contributed by atoms with E-state index >= 15 is 0 Å². The molecule has 5 nitrogen and oxygen atoms in total. The number of fused-ring (bicyclic) bond motifs is 1. The van der Waals surface area contributed by atoms with Crippen LogP contribution in [0.4, 0.5) is 0 Å². The van der Waals surface area contributed by atoms with Gasteiger partial charge >= 0.3 is 0 Å². The predicted octanol–water partition coefficient (Wildman–Crippen LogP) is 3.99. The highest BCUT2D eigenvalue weighted by Crippen LogP contribution is 2.28. The van der Waals surface area contributed by atoms with Crippen molar-refractivity contribution in [3.8, 4) is 22.0 Å². The molecule has 0 unspecified atom stereocenters. The van der Waals surface area contributed by atoms with Crippen LogP contribution in [0.2, 0.25) is 0 Å². The summed E-state index contributed by atoms with van der Waals surface area (Å²) in [7, 11) is 0. The number of nitrogens with zero attached hydrogens (tertiary/aromatic N) is 5. The summed E-state index contributed by atoms with van der Waals surface area (Å²) < 4.78 is 2.81. The minimum atomic E-state index is 0.741. The monoisotopic (exact) mass is 371 g/mol. The van der Waals surface area contributed by atoms with Crippen molar-refractivity contribution in [2.75, 3.05) is 0 Å². The Hall–Kier alpha value is -2.12. The Morgan fingerprint density at radius 1 is 1.00 bits per heavy atom. The molecule has 108 valence electrons. The van der Waals surface area contributed by atoms with Gasteiger partial charge in [-0.15, -0.1) is 10.2 Å². The summed E-state index contributed by atoms with van der Waals surface area (Å²) in [5, 5.41) is 14.0. The van der Waals surface area contributed by atoms with Gasteiger partial charge < -0.3 is 0 Å². The van der Waals surface area contributed by atoms with Crippen LogP contribution >= 0.6 is 27.3 Å². The number of aryl methyl sites for hydroxylation is 1. The standard InChI is InChI=1S/C15H10BrN5S/c1-9-2-3-11(8-17-9)14-20-21-13(18-19-15(21)22-14)10-4-6-12(16)7-5-10/h2-8H,1H3. The van der Waals surface area contributed by atoms with Gasteiger partial charge in [-0.3, -0.25) is 4.98 Å². The second-order valence-electron chi connectivity index (χ2n) is 4.82. The topological polar surface area (TPSA) is 56.0 Å². The fourth-order valence-electron chi connectivity index (χ4n) is 2.11. The lowest BCUT2D eigenvalue weighted by molar-refractivity contribution is 0.969. The molecule has 0 atom stereocenters. The highest BCUT2D eigenvalue weighted by atomic mass is 79.9. The quantitative estimate of drug-likeness (QED) is 0.534. The molecule has 0 saturated heterocycles. The normalized spacial score (nSPS) is 11.2. The maximum atomic E-state index is 4.63. The van der Waals surface area contributed by atoms with Crippen molar-refractivity contribution in [3.05, 3.63) is 52.8 Å². The van der Waals surface area contributed by atoms with E-state index in [0.717, 1.165) is 37.1 Å². The summed E-state index contributed by atoms with van der Waals surface area (Å²) in [6.45, 7) is 1.97. The summed E-state index contributed by atoms with van der Waals surface area (Å²) in [6.07, 6.45) is 1.83. The van der Waals surface area contributed by atoms with E-state index in [1.165, 1.54) is 11.3 Å². The fourth-order valence-corrected chi connectivity index (χ4v) is 3.20. The molecule has 0 aliphatic rings. The van der Waals surface area contributed by atoms with Crippen LogP contribution in [0, 0.1) is 6.92 Å². The average molecular weight is 372 g/mol. The third kappa shape index (κ3) is 2.32.